The summed E-state index contributed by atoms with van der Waals surface area (Å²) in [5.41, 5.74) is 3.20. The number of imidazole rings is 1. The molecule has 0 unspecified atom stereocenters. The number of pyridine rings is 1. The minimum atomic E-state index is -0.190. The molecule has 1 saturated heterocycles. The molecule has 1 aromatic carbocycles. The highest BCUT2D eigenvalue weighted by Crippen LogP contribution is 2.22. The van der Waals surface area contributed by atoms with Crippen molar-refractivity contribution in [2.45, 2.75) is 19.3 Å². The Kier molecular flexibility index (Phi) is 3.91. The maximum absolute atomic E-state index is 12.4. The molecule has 0 saturated carbocycles. The lowest BCUT2D eigenvalue weighted by Crippen LogP contribution is -2.29. The fraction of sp³-hybridized carbons (Fsp3) is 0.263. The van der Waals surface area contributed by atoms with Gasteiger partial charge >= 0.3 is 0 Å². The third-order valence-corrected chi connectivity index (χ3v) is 4.44. The van der Waals surface area contributed by atoms with Gasteiger partial charge in [0.25, 0.3) is 5.91 Å². The van der Waals surface area contributed by atoms with E-state index < -0.39 is 0 Å². The van der Waals surface area contributed by atoms with Gasteiger partial charge in [-0.25, -0.2) is 4.98 Å². The molecule has 1 aliphatic rings. The summed E-state index contributed by atoms with van der Waals surface area (Å²) in [5, 5.41) is 2.92. The summed E-state index contributed by atoms with van der Waals surface area (Å²) in [6, 6.07) is 13.8. The Morgan fingerprint density at radius 1 is 1.00 bits per heavy atom. The maximum atomic E-state index is 12.4. The van der Waals surface area contributed by atoms with Crippen LogP contribution in [0.1, 0.15) is 29.8 Å². The first-order valence-corrected chi connectivity index (χ1v) is 8.40. The maximum Gasteiger partial charge on any atom is 0.275 e. The lowest BCUT2D eigenvalue weighted by atomic mass is 10.1. The highest BCUT2D eigenvalue weighted by Gasteiger charge is 2.13. The van der Waals surface area contributed by atoms with Gasteiger partial charge in [-0.05, 0) is 55.7 Å². The van der Waals surface area contributed by atoms with E-state index in [1.165, 1.54) is 24.9 Å². The van der Waals surface area contributed by atoms with Gasteiger partial charge in [-0.1, -0.05) is 6.07 Å². The van der Waals surface area contributed by atoms with Crippen LogP contribution >= 0.6 is 0 Å². The van der Waals surface area contributed by atoms with Crippen LogP contribution < -0.4 is 10.2 Å². The summed E-state index contributed by atoms with van der Waals surface area (Å²) in [7, 11) is 0. The molecule has 1 fully saturated rings. The van der Waals surface area contributed by atoms with Crippen molar-refractivity contribution in [2.75, 3.05) is 23.3 Å². The molecule has 0 radical (unpaired) electrons. The molecule has 1 amide bonds. The second kappa shape index (κ2) is 6.35. The van der Waals surface area contributed by atoms with E-state index >= 15 is 0 Å². The molecule has 1 aliphatic heterocycles. The van der Waals surface area contributed by atoms with Crippen LogP contribution in [0.15, 0.2) is 54.9 Å². The van der Waals surface area contributed by atoms with Gasteiger partial charge in [0.1, 0.15) is 11.3 Å². The third kappa shape index (κ3) is 2.97. The van der Waals surface area contributed by atoms with Gasteiger partial charge in [-0.15, -0.1) is 0 Å². The molecule has 5 heteroatoms. The first-order chi connectivity index (χ1) is 11.8. The van der Waals surface area contributed by atoms with E-state index in [4.69, 9.17) is 0 Å². The van der Waals surface area contributed by atoms with Crippen LogP contribution in [-0.4, -0.2) is 28.4 Å². The highest BCUT2D eigenvalue weighted by molar-refractivity contribution is 6.03. The Morgan fingerprint density at radius 2 is 1.79 bits per heavy atom. The van der Waals surface area contributed by atoms with Crippen LogP contribution in [0.4, 0.5) is 11.4 Å². The number of benzene rings is 1. The number of hydrogen-bond donors (Lipinski definition) is 1. The van der Waals surface area contributed by atoms with Gasteiger partial charge in [0.05, 0.1) is 0 Å². The van der Waals surface area contributed by atoms with Crippen molar-refractivity contribution < 1.29 is 4.79 Å². The standard InChI is InChI=1S/C19H20N4O/c24-19(17-14-23-13-5-2-6-18(23)21-17)20-15-7-9-16(10-8-15)22-11-3-1-4-12-22/h2,5-10,13-14H,1,3-4,11-12H2,(H,20,24). The van der Waals surface area contributed by atoms with E-state index in [0.717, 1.165) is 24.4 Å². The van der Waals surface area contributed by atoms with Gasteiger partial charge in [-0.2, -0.15) is 0 Å². The molecule has 0 bridgehead atoms. The Morgan fingerprint density at radius 3 is 2.54 bits per heavy atom. The number of piperidine rings is 1. The normalized spacial score (nSPS) is 14.8. The van der Waals surface area contributed by atoms with Gasteiger partial charge in [0, 0.05) is 36.9 Å². The smallest absolute Gasteiger partial charge is 0.275 e. The van der Waals surface area contributed by atoms with Crippen molar-refractivity contribution in [1.29, 1.82) is 0 Å². The molecule has 3 heterocycles. The van der Waals surface area contributed by atoms with Crippen molar-refractivity contribution in [3.63, 3.8) is 0 Å². The largest absolute Gasteiger partial charge is 0.372 e. The quantitative estimate of drug-likeness (QED) is 0.802. The van der Waals surface area contributed by atoms with Crippen molar-refractivity contribution in [3.8, 4) is 0 Å². The number of aromatic nitrogens is 2. The van der Waals surface area contributed by atoms with Crippen LogP contribution in [0.5, 0.6) is 0 Å². The molecule has 1 N–H and O–H groups in total. The van der Waals surface area contributed by atoms with E-state index in [-0.39, 0.29) is 5.91 Å². The average Bonchev–Trinajstić information content (AvgIpc) is 3.07. The predicted octanol–water partition coefficient (Wildman–Crippen LogP) is 3.58. The fourth-order valence-electron chi connectivity index (χ4n) is 3.15. The Labute approximate surface area is 140 Å². The van der Waals surface area contributed by atoms with Crippen LogP contribution in [0, 0.1) is 0 Å². The van der Waals surface area contributed by atoms with Gasteiger partial charge in [0.2, 0.25) is 0 Å². The molecule has 4 rings (SSSR count). The average molecular weight is 320 g/mol. The summed E-state index contributed by atoms with van der Waals surface area (Å²) < 4.78 is 1.84. The van der Waals surface area contributed by atoms with E-state index in [2.05, 4.69) is 27.3 Å². The molecule has 5 nitrogen and oxygen atoms in total. The summed E-state index contributed by atoms with van der Waals surface area (Å²) in [4.78, 5) is 19.1. The third-order valence-electron chi connectivity index (χ3n) is 4.44. The molecule has 0 spiro atoms. The van der Waals surface area contributed by atoms with Crippen LogP contribution in [0.25, 0.3) is 5.65 Å². The van der Waals surface area contributed by atoms with Gasteiger partial charge in [-0.3, -0.25) is 4.79 Å². The lowest BCUT2D eigenvalue weighted by Gasteiger charge is -2.28. The Balaban J connectivity index is 1.47. The van der Waals surface area contributed by atoms with Crippen molar-refractivity contribution in [1.82, 2.24) is 9.38 Å². The first kappa shape index (κ1) is 14.8. The topological polar surface area (TPSA) is 49.6 Å². The summed E-state index contributed by atoms with van der Waals surface area (Å²) in [5.74, 6) is -0.190. The number of carbonyl (C=O) groups excluding carboxylic acids is 1. The number of fused-ring (bicyclic) bond motifs is 1. The van der Waals surface area contributed by atoms with E-state index in [9.17, 15) is 4.79 Å². The Bertz CT molecular complexity index is 814. The van der Waals surface area contributed by atoms with Crippen molar-refractivity contribution in [3.05, 3.63) is 60.6 Å². The molecular formula is C19H20N4O. The number of hydrogen-bond acceptors (Lipinski definition) is 3. The van der Waals surface area contributed by atoms with Crippen molar-refractivity contribution >= 4 is 22.9 Å². The number of nitrogens with zero attached hydrogens (tertiary/aromatic N) is 3. The minimum absolute atomic E-state index is 0.190. The van der Waals surface area contributed by atoms with Crippen LogP contribution in [0.2, 0.25) is 0 Å². The van der Waals surface area contributed by atoms with Crippen LogP contribution in [0.3, 0.4) is 0 Å². The molecule has 0 atom stereocenters. The number of amides is 1. The zero-order valence-electron chi connectivity index (χ0n) is 13.5. The SMILES string of the molecule is O=C(Nc1ccc(N2CCCCC2)cc1)c1cn2ccccc2n1. The summed E-state index contributed by atoms with van der Waals surface area (Å²) in [6.45, 7) is 2.24. The molecular weight excluding hydrogens is 300 g/mol. The number of rotatable bonds is 3. The van der Waals surface area contributed by atoms with Crippen molar-refractivity contribution in [2.24, 2.45) is 0 Å². The lowest BCUT2D eigenvalue weighted by molar-refractivity contribution is 0.102. The van der Waals surface area contributed by atoms with E-state index in [1.807, 2.05) is 40.9 Å². The first-order valence-electron chi connectivity index (χ1n) is 8.40. The van der Waals surface area contributed by atoms with Gasteiger partial charge < -0.3 is 14.6 Å². The zero-order chi connectivity index (χ0) is 16.4. The monoisotopic (exact) mass is 320 g/mol. The highest BCUT2D eigenvalue weighted by atomic mass is 16.1. The zero-order valence-corrected chi connectivity index (χ0v) is 13.5. The minimum Gasteiger partial charge on any atom is -0.372 e. The summed E-state index contributed by atoms with van der Waals surface area (Å²) >= 11 is 0. The number of carbonyl (C=O) groups is 1. The molecule has 24 heavy (non-hydrogen) atoms. The second-order valence-electron chi connectivity index (χ2n) is 6.14. The predicted molar refractivity (Wildman–Crippen MR) is 95.7 cm³/mol. The Hall–Kier alpha value is -2.82. The number of anilines is 2. The summed E-state index contributed by atoms with van der Waals surface area (Å²) in [6.07, 6.45) is 7.46. The van der Waals surface area contributed by atoms with Crippen LogP contribution in [-0.2, 0) is 0 Å². The number of nitrogens with one attached hydrogen (secondary N) is 1. The fourth-order valence-corrected chi connectivity index (χ4v) is 3.15. The molecule has 3 aromatic rings. The molecule has 0 aliphatic carbocycles. The van der Waals surface area contributed by atoms with E-state index in [1.54, 1.807) is 6.20 Å². The second-order valence-corrected chi connectivity index (χ2v) is 6.14. The van der Waals surface area contributed by atoms with Gasteiger partial charge in [0.15, 0.2) is 0 Å². The molecule has 122 valence electrons. The van der Waals surface area contributed by atoms with E-state index in [0.29, 0.717) is 5.69 Å². The molecule has 2 aromatic heterocycles.